The third-order valence-electron chi connectivity index (χ3n) is 2.38. The first-order valence-electron chi connectivity index (χ1n) is 4.78. The normalized spacial score (nSPS) is 15.2. The maximum Gasteiger partial charge on any atom is 0.128 e. The molecule has 2 nitrogen and oxygen atoms in total. The van der Waals surface area contributed by atoms with E-state index in [4.69, 9.17) is 5.73 Å². The summed E-state index contributed by atoms with van der Waals surface area (Å²) in [4.78, 5) is 0. The maximum atomic E-state index is 13.5. The summed E-state index contributed by atoms with van der Waals surface area (Å²) in [5.41, 5.74) is 7.02. The van der Waals surface area contributed by atoms with E-state index < -0.39 is 12.1 Å². The third kappa shape index (κ3) is 2.11. The van der Waals surface area contributed by atoms with Crippen molar-refractivity contribution in [2.75, 3.05) is 0 Å². The molecule has 1 aromatic rings. The van der Waals surface area contributed by atoms with Gasteiger partial charge in [-0.25, -0.2) is 4.39 Å². The molecule has 1 rings (SSSR count). The van der Waals surface area contributed by atoms with Crippen molar-refractivity contribution in [2.24, 2.45) is 5.73 Å². The molecule has 0 fully saturated rings. The minimum Gasteiger partial charge on any atom is -0.391 e. The maximum absolute atomic E-state index is 13.5. The number of rotatable bonds is 3. The highest BCUT2D eigenvalue weighted by Crippen LogP contribution is 2.22. The van der Waals surface area contributed by atoms with Crippen LogP contribution < -0.4 is 5.73 Å². The zero-order chi connectivity index (χ0) is 10.7. The largest absolute Gasteiger partial charge is 0.391 e. The molecule has 14 heavy (non-hydrogen) atoms. The molecule has 0 aromatic heterocycles. The van der Waals surface area contributed by atoms with Gasteiger partial charge in [-0.2, -0.15) is 0 Å². The van der Waals surface area contributed by atoms with Crippen molar-refractivity contribution >= 4 is 0 Å². The smallest absolute Gasteiger partial charge is 0.128 e. The third-order valence-corrected chi connectivity index (χ3v) is 2.38. The van der Waals surface area contributed by atoms with E-state index in [-0.39, 0.29) is 5.82 Å². The minimum atomic E-state index is -0.739. The summed E-state index contributed by atoms with van der Waals surface area (Å²) in [6.07, 6.45) is -0.0229. The summed E-state index contributed by atoms with van der Waals surface area (Å²) in [6, 6.07) is 4.22. The van der Waals surface area contributed by atoms with Crippen LogP contribution in [0.3, 0.4) is 0 Å². The van der Waals surface area contributed by atoms with E-state index in [0.717, 1.165) is 5.56 Å². The van der Waals surface area contributed by atoms with Gasteiger partial charge in [-0.15, -0.1) is 0 Å². The second-order valence-electron chi connectivity index (χ2n) is 3.43. The van der Waals surface area contributed by atoms with E-state index in [2.05, 4.69) is 0 Å². The van der Waals surface area contributed by atoms with E-state index >= 15 is 0 Å². The van der Waals surface area contributed by atoms with Crippen LogP contribution in [0.25, 0.3) is 0 Å². The molecule has 1 aromatic carbocycles. The number of nitrogens with two attached hydrogens (primary N) is 1. The van der Waals surface area contributed by atoms with E-state index in [0.29, 0.717) is 12.0 Å². The fourth-order valence-corrected chi connectivity index (χ4v) is 1.50. The molecule has 0 aliphatic heterocycles. The molecule has 0 saturated carbocycles. The number of hydrogen-bond acceptors (Lipinski definition) is 2. The molecule has 78 valence electrons. The number of aryl methyl sites for hydroxylation is 1. The lowest BCUT2D eigenvalue weighted by Gasteiger charge is -2.19. The summed E-state index contributed by atoms with van der Waals surface area (Å²) >= 11 is 0. The van der Waals surface area contributed by atoms with E-state index in [1.807, 2.05) is 13.0 Å². The van der Waals surface area contributed by atoms with E-state index in [1.54, 1.807) is 13.0 Å². The predicted octanol–water partition coefficient (Wildman–Crippen LogP) is 1.77. The van der Waals surface area contributed by atoms with Gasteiger partial charge in [-0.05, 0) is 25.0 Å². The number of aliphatic hydroxyl groups excluding tert-OH is 1. The van der Waals surface area contributed by atoms with E-state index in [9.17, 15) is 9.50 Å². The number of aliphatic hydroxyl groups is 1. The second kappa shape index (κ2) is 4.53. The van der Waals surface area contributed by atoms with Crippen LogP contribution in [0.2, 0.25) is 0 Å². The van der Waals surface area contributed by atoms with Crippen LogP contribution in [0.1, 0.15) is 31.0 Å². The molecular formula is C11H16FNO. The van der Waals surface area contributed by atoms with Gasteiger partial charge >= 0.3 is 0 Å². The van der Waals surface area contributed by atoms with Crippen molar-refractivity contribution in [1.82, 2.24) is 0 Å². The topological polar surface area (TPSA) is 46.2 Å². The van der Waals surface area contributed by atoms with Crippen LogP contribution in [-0.4, -0.2) is 11.2 Å². The molecule has 2 unspecified atom stereocenters. The van der Waals surface area contributed by atoms with Gasteiger partial charge in [0, 0.05) is 5.56 Å². The Balaban J connectivity index is 3.16. The SMILES string of the molecule is CCc1cccc(F)c1C(N)C(C)O. The second-order valence-corrected chi connectivity index (χ2v) is 3.43. The number of halogens is 1. The van der Waals surface area contributed by atoms with Crippen molar-refractivity contribution in [2.45, 2.75) is 32.4 Å². The quantitative estimate of drug-likeness (QED) is 0.775. The first-order valence-corrected chi connectivity index (χ1v) is 4.78. The van der Waals surface area contributed by atoms with Crippen LogP contribution in [0, 0.1) is 5.82 Å². The van der Waals surface area contributed by atoms with Gasteiger partial charge in [-0.3, -0.25) is 0 Å². The Morgan fingerprint density at radius 1 is 1.50 bits per heavy atom. The van der Waals surface area contributed by atoms with Gasteiger partial charge in [-0.1, -0.05) is 19.1 Å². The van der Waals surface area contributed by atoms with Crippen molar-refractivity contribution in [3.63, 3.8) is 0 Å². The van der Waals surface area contributed by atoms with Gasteiger partial charge < -0.3 is 10.8 Å². The highest BCUT2D eigenvalue weighted by molar-refractivity contribution is 5.31. The average molecular weight is 197 g/mol. The molecule has 3 N–H and O–H groups in total. The van der Waals surface area contributed by atoms with Gasteiger partial charge in [0.2, 0.25) is 0 Å². The Hall–Kier alpha value is -0.930. The Morgan fingerprint density at radius 2 is 2.14 bits per heavy atom. The zero-order valence-corrected chi connectivity index (χ0v) is 8.50. The number of benzene rings is 1. The first-order chi connectivity index (χ1) is 6.57. The predicted molar refractivity (Wildman–Crippen MR) is 54.4 cm³/mol. The number of hydrogen-bond donors (Lipinski definition) is 2. The summed E-state index contributed by atoms with van der Waals surface area (Å²) in [6.45, 7) is 3.50. The standard InChI is InChI=1S/C11H16FNO/c1-3-8-5-4-6-9(12)10(8)11(13)7(2)14/h4-7,11,14H,3,13H2,1-2H3. The minimum absolute atomic E-state index is 0.335. The summed E-state index contributed by atoms with van der Waals surface area (Å²) < 4.78 is 13.5. The molecule has 2 atom stereocenters. The fourth-order valence-electron chi connectivity index (χ4n) is 1.50. The van der Waals surface area contributed by atoms with Crippen molar-refractivity contribution in [1.29, 1.82) is 0 Å². The average Bonchev–Trinajstić information content (AvgIpc) is 2.16. The molecule has 0 heterocycles. The highest BCUT2D eigenvalue weighted by atomic mass is 19.1. The van der Waals surface area contributed by atoms with Gasteiger partial charge in [0.1, 0.15) is 5.82 Å². The Morgan fingerprint density at radius 3 is 2.64 bits per heavy atom. The Kier molecular flexibility index (Phi) is 3.61. The molecule has 0 saturated heterocycles. The fraction of sp³-hybridized carbons (Fsp3) is 0.455. The first kappa shape index (κ1) is 11.1. The van der Waals surface area contributed by atoms with Crippen molar-refractivity contribution in [3.8, 4) is 0 Å². The molecule has 0 radical (unpaired) electrons. The Labute approximate surface area is 83.6 Å². The molecule has 3 heteroatoms. The van der Waals surface area contributed by atoms with Crippen LogP contribution in [0.5, 0.6) is 0 Å². The van der Waals surface area contributed by atoms with Crippen molar-refractivity contribution < 1.29 is 9.50 Å². The summed E-state index contributed by atoms with van der Waals surface area (Å²) in [5.74, 6) is -0.335. The van der Waals surface area contributed by atoms with Gasteiger partial charge in [0.05, 0.1) is 12.1 Å². The van der Waals surface area contributed by atoms with Gasteiger partial charge in [0.25, 0.3) is 0 Å². The molecular weight excluding hydrogens is 181 g/mol. The lowest BCUT2D eigenvalue weighted by atomic mass is 9.95. The van der Waals surface area contributed by atoms with Crippen LogP contribution in [-0.2, 0) is 6.42 Å². The van der Waals surface area contributed by atoms with Gasteiger partial charge in [0.15, 0.2) is 0 Å². The molecule has 0 spiro atoms. The van der Waals surface area contributed by atoms with Crippen LogP contribution in [0.4, 0.5) is 4.39 Å². The molecule has 0 amide bonds. The Bertz CT molecular complexity index is 312. The zero-order valence-electron chi connectivity index (χ0n) is 8.50. The molecule has 0 bridgehead atoms. The molecule has 0 aliphatic carbocycles. The van der Waals surface area contributed by atoms with Crippen molar-refractivity contribution in [3.05, 3.63) is 35.1 Å². The highest BCUT2D eigenvalue weighted by Gasteiger charge is 2.18. The van der Waals surface area contributed by atoms with Crippen LogP contribution in [0.15, 0.2) is 18.2 Å². The lowest BCUT2D eigenvalue weighted by molar-refractivity contribution is 0.162. The monoisotopic (exact) mass is 197 g/mol. The van der Waals surface area contributed by atoms with E-state index in [1.165, 1.54) is 6.07 Å². The lowest BCUT2D eigenvalue weighted by Crippen LogP contribution is -2.25. The van der Waals surface area contributed by atoms with Crippen LogP contribution >= 0.6 is 0 Å². The summed E-state index contributed by atoms with van der Waals surface area (Å²) in [5, 5.41) is 9.33. The molecule has 0 aliphatic rings. The summed E-state index contributed by atoms with van der Waals surface area (Å²) in [7, 11) is 0.